The van der Waals surface area contributed by atoms with Crippen LogP contribution in [0.4, 0.5) is 5.82 Å². The molecule has 0 fully saturated rings. The van der Waals surface area contributed by atoms with Gasteiger partial charge in [0, 0.05) is 18.3 Å². The van der Waals surface area contributed by atoms with Crippen LogP contribution in [0.15, 0.2) is 16.8 Å². The van der Waals surface area contributed by atoms with Crippen molar-refractivity contribution in [2.45, 2.75) is 39.0 Å². The number of oxazole rings is 1. The first-order chi connectivity index (χ1) is 8.95. The summed E-state index contributed by atoms with van der Waals surface area (Å²) < 4.78 is 5.61. The highest BCUT2D eigenvalue weighted by Gasteiger charge is 2.19. The van der Waals surface area contributed by atoms with Crippen LogP contribution >= 0.6 is 0 Å². The maximum absolute atomic E-state index is 11.6. The van der Waals surface area contributed by atoms with Crippen molar-refractivity contribution in [3.8, 4) is 0 Å². The molecule has 1 amide bonds. The molecule has 19 heavy (non-hydrogen) atoms. The molecule has 0 unspecified atom stereocenters. The Hall–Kier alpha value is -2.18. The van der Waals surface area contributed by atoms with E-state index in [1.807, 2.05) is 0 Å². The molecule has 0 aliphatic heterocycles. The van der Waals surface area contributed by atoms with Crippen LogP contribution in [-0.4, -0.2) is 26.3 Å². The maximum Gasteiger partial charge on any atom is 0.226 e. The summed E-state index contributed by atoms with van der Waals surface area (Å²) in [5, 5.41) is 12.4. The minimum Gasteiger partial charge on any atom is -0.445 e. The second kappa shape index (κ2) is 5.21. The third-order valence-electron chi connectivity index (χ3n) is 2.54. The van der Waals surface area contributed by atoms with Gasteiger partial charge in [0.15, 0.2) is 11.7 Å². The number of hydrogen-bond acceptors (Lipinski definition) is 5. The van der Waals surface area contributed by atoms with Gasteiger partial charge in [0.25, 0.3) is 0 Å². The van der Waals surface area contributed by atoms with E-state index >= 15 is 0 Å². The predicted molar refractivity (Wildman–Crippen MR) is 68.5 cm³/mol. The van der Waals surface area contributed by atoms with Crippen molar-refractivity contribution < 1.29 is 9.21 Å². The Balaban J connectivity index is 1.85. The highest BCUT2D eigenvalue weighted by molar-refractivity contribution is 5.89. The zero-order valence-corrected chi connectivity index (χ0v) is 11.2. The van der Waals surface area contributed by atoms with Crippen LogP contribution in [0.3, 0.4) is 0 Å². The first-order valence-electron chi connectivity index (χ1n) is 6.06. The molecule has 0 bridgehead atoms. The van der Waals surface area contributed by atoms with Crippen LogP contribution in [0.1, 0.15) is 38.8 Å². The normalized spacial score (nSPS) is 11.5. The predicted octanol–water partition coefficient (Wildman–Crippen LogP) is 1.66. The van der Waals surface area contributed by atoms with Crippen LogP contribution < -0.4 is 5.32 Å². The molecule has 0 spiro atoms. The van der Waals surface area contributed by atoms with E-state index in [0.29, 0.717) is 18.1 Å². The Bertz CT molecular complexity index is 539. The molecule has 0 saturated carbocycles. The number of aryl methyl sites for hydroxylation is 1. The number of H-pyrrole nitrogens is 1. The van der Waals surface area contributed by atoms with Crippen molar-refractivity contribution in [3.05, 3.63) is 24.0 Å². The number of hydrogen-bond donors (Lipinski definition) is 2. The summed E-state index contributed by atoms with van der Waals surface area (Å²) in [6.07, 6.45) is 3.91. The largest absolute Gasteiger partial charge is 0.445 e. The Morgan fingerprint density at radius 2 is 2.21 bits per heavy atom. The monoisotopic (exact) mass is 263 g/mol. The van der Waals surface area contributed by atoms with Crippen molar-refractivity contribution in [1.29, 1.82) is 0 Å². The van der Waals surface area contributed by atoms with Gasteiger partial charge in [-0.2, -0.15) is 10.3 Å². The molecule has 2 aromatic heterocycles. The van der Waals surface area contributed by atoms with E-state index in [1.54, 1.807) is 6.20 Å². The Morgan fingerprint density at radius 3 is 2.79 bits per heavy atom. The zero-order chi connectivity index (χ0) is 13.9. The average Bonchev–Trinajstić information content (AvgIpc) is 2.95. The molecular weight excluding hydrogens is 246 g/mol. The number of nitrogens with zero attached hydrogens (tertiary/aromatic N) is 3. The van der Waals surface area contributed by atoms with E-state index in [0.717, 1.165) is 5.76 Å². The van der Waals surface area contributed by atoms with E-state index in [1.165, 1.54) is 6.20 Å². The molecule has 0 aliphatic carbocycles. The lowest BCUT2D eigenvalue weighted by Gasteiger charge is -2.13. The Labute approximate surface area is 110 Å². The maximum atomic E-state index is 11.6. The molecule has 0 atom stereocenters. The average molecular weight is 263 g/mol. The molecule has 7 nitrogen and oxygen atoms in total. The van der Waals surface area contributed by atoms with E-state index in [-0.39, 0.29) is 17.7 Å². The molecule has 0 saturated heterocycles. The SMILES string of the molecule is CC(C)(C)c1cnc(CCC(=O)Nc2cn[nH]n2)o1. The number of aromatic amines is 1. The van der Waals surface area contributed by atoms with Crippen molar-refractivity contribution in [2.24, 2.45) is 0 Å². The highest BCUT2D eigenvalue weighted by atomic mass is 16.4. The van der Waals surface area contributed by atoms with E-state index < -0.39 is 0 Å². The van der Waals surface area contributed by atoms with Crippen LogP contribution in [-0.2, 0) is 16.6 Å². The number of carbonyl (C=O) groups is 1. The van der Waals surface area contributed by atoms with Crippen molar-refractivity contribution in [3.63, 3.8) is 0 Å². The number of rotatable bonds is 4. The van der Waals surface area contributed by atoms with Gasteiger partial charge in [-0.15, -0.1) is 5.10 Å². The molecule has 2 N–H and O–H groups in total. The number of aromatic nitrogens is 4. The zero-order valence-electron chi connectivity index (χ0n) is 11.2. The lowest BCUT2D eigenvalue weighted by Crippen LogP contribution is -2.12. The van der Waals surface area contributed by atoms with Gasteiger partial charge in [-0.3, -0.25) is 4.79 Å². The summed E-state index contributed by atoms with van der Waals surface area (Å²) in [5.74, 6) is 1.65. The lowest BCUT2D eigenvalue weighted by atomic mass is 9.94. The first-order valence-corrected chi connectivity index (χ1v) is 6.06. The summed E-state index contributed by atoms with van der Waals surface area (Å²) in [7, 11) is 0. The van der Waals surface area contributed by atoms with Gasteiger partial charge in [-0.25, -0.2) is 4.98 Å². The van der Waals surface area contributed by atoms with Gasteiger partial charge in [0.1, 0.15) is 5.76 Å². The van der Waals surface area contributed by atoms with E-state index in [2.05, 4.69) is 46.5 Å². The van der Waals surface area contributed by atoms with Crippen molar-refractivity contribution in [1.82, 2.24) is 20.4 Å². The second-order valence-corrected chi connectivity index (χ2v) is 5.27. The van der Waals surface area contributed by atoms with Gasteiger partial charge in [-0.05, 0) is 0 Å². The number of nitrogens with one attached hydrogen (secondary N) is 2. The summed E-state index contributed by atoms with van der Waals surface area (Å²) in [5.41, 5.74) is -0.0752. The molecule has 2 heterocycles. The molecule has 0 aromatic carbocycles. The summed E-state index contributed by atoms with van der Waals surface area (Å²) in [6.45, 7) is 6.15. The number of carbonyl (C=O) groups excluding carboxylic acids is 1. The standard InChI is InChI=1S/C12H17N5O2/c1-12(2,3)8-6-13-11(19-8)5-4-10(18)15-9-7-14-17-16-9/h6-7H,4-5H2,1-3H3,(H2,14,15,16,17,18). The topological polar surface area (TPSA) is 96.7 Å². The van der Waals surface area contributed by atoms with Crippen LogP contribution in [0, 0.1) is 0 Å². The summed E-state index contributed by atoms with van der Waals surface area (Å²) in [6, 6.07) is 0. The molecule has 2 aromatic rings. The van der Waals surface area contributed by atoms with Gasteiger partial charge in [0.2, 0.25) is 5.91 Å². The summed E-state index contributed by atoms with van der Waals surface area (Å²) >= 11 is 0. The van der Waals surface area contributed by atoms with E-state index in [4.69, 9.17) is 4.42 Å². The minimum absolute atomic E-state index is 0.0752. The first kappa shape index (κ1) is 13.3. The Kier molecular flexibility index (Phi) is 3.64. The molecule has 102 valence electrons. The third kappa shape index (κ3) is 3.64. The molecule has 0 aliphatic rings. The fourth-order valence-electron chi connectivity index (χ4n) is 1.46. The van der Waals surface area contributed by atoms with Gasteiger partial charge < -0.3 is 9.73 Å². The number of anilines is 1. The second-order valence-electron chi connectivity index (χ2n) is 5.27. The van der Waals surface area contributed by atoms with Gasteiger partial charge in [0.05, 0.1) is 12.4 Å². The van der Waals surface area contributed by atoms with Crippen LogP contribution in [0.2, 0.25) is 0 Å². The molecule has 7 heteroatoms. The molecular formula is C12H17N5O2. The van der Waals surface area contributed by atoms with Crippen LogP contribution in [0.5, 0.6) is 0 Å². The van der Waals surface area contributed by atoms with E-state index in [9.17, 15) is 4.79 Å². The van der Waals surface area contributed by atoms with Gasteiger partial charge in [-0.1, -0.05) is 20.8 Å². The third-order valence-corrected chi connectivity index (χ3v) is 2.54. The van der Waals surface area contributed by atoms with Gasteiger partial charge >= 0.3 is 0 Å². The smallest absolute Gasteiger partial charge is 0.226 e. The number of amides is 1. The van der Waals surface area contributed by atoms with Crippen molar-refractivity contribution >= 4 is 11.7 Å². The molecule has 0 radical (unpaired) electrons. The quantitative estimate of drug-likeness (QED) is 0.874. The summed E-state index contributed by atoms with van der Waals surface area (Å²) in [4.78, 5) is 15.8. The minimum atomic E-state index is -0.149. The fraction of sp³-hybridized carbons (Fsp3) is 0.500. The Morgan fingerprint density at radius 1 is 1.42 bits per heavy atom. The fourth-order valence-corrected chi connectivity index (χ4v) is 1.46. The lowest BCUT2D eigenvalue weighted by molar-refractivity contribution is -0.116. The highest BCUT2D eigenvalue weighted by Crippen LogP contribution is 2.22. The van der Waals surface area contributed by atoms with Crippen LogP contribution in [0.25, 0.3) is 0 Å². The molecule has 2 rings (SSSR count). The van der Waals surface area contributed by atoms with Crippen molar-refractivity contribution in [2.75, 3.05) is 5.32 Å².